The highest BCUT2D eigenvalue weighted by atomic mass is 16.5. The third-order valence-corrected chi connectivity index (χ3v) is 3.56. The third-order valence-electron chi connectivity index (χ3n) is 3.56. The highest BCUT2D eigenvalue weighted by molar-refractivity contribution is 5.99. The molecular formula is C19H22N2O4. The normalized spacial score (nSPS) is 10.1. The fraction of sp³-hybridized carbons (Fsp3) is 0.263. The van der Waals surface area contributed by atoms with Crippen LogP contribution in [-0.2, 0) is 4.79 Å². The van der Waals surface area contributed by atoms with Crippen molar-refractivity contribution in [3.8, 4) is 11.5 Å². The number of carbonyl (C=O) groups excluding carboxylic acids is 2. The molecule has 2 amide bonds. The van der Waals surface area contributed by atoms with E-state index >= 15 is 0 Å². The van der Waals surface area contributed by atoms with Crippen molar-refractivity contribution in [3.05, 3.63) is 53.1 Å². The van der Waals surface area contributed by atoms with E-state index in [1.165, 1.54) is 14.2 Å². The Bertz CT molecular complexity index is 767. The molecule has 0 aromatic heterocycles. The third kappa shape index (κ3) is 4.97. The van der Waals surface area contributed by atoms with E-state index in [0.717, 1.165) is 11.1 Å². The predicted octanol–water partition coefficient (Wildman–Crippen LogP) is 2.69. The number of hydrogen-bond acceptors (Lipinski definition) is 4. The predicted molar refractivity (Wildman–Crippen MR) is 96.4 cm³/mol. The molecule has 0 aliphatic heterocycles. The summed E-state index contributed by atoms with van der Waals surface area (Å²) >= 11 is 0. The molecule has 0 saturated heterocycles. The lowest BCUT2D eigenvalue weighted by Crippen LogP contribution is -2.32. The van der Waals surface area contributed by atoms with Crippen LogP contribution in [0.15, 0.2) is 36.4 Å². The van der Waals surface area contributed by atoms with E-state index < -0.39 is 0 Å². The molecule has 2 aromatic carbocycles. The molecule has 0 spiro atoms. The van der Waals surface area contributed by atoms with Gasteiger partial charge in [-0.05, 0) is 55.3 Å². The average molecular weight is 342 g/mol. The number of amides is 2. The second kappa shape index (κ2) is 8.19. The van der Waals surface area contributed by atoms with Gasteiger partial charge in [0.2, 0.25) is 5.91 Å². The highest BCUT2D eigenvalue weighted by Crippen LogP contribution is 2.27. The zero-order valence-electron chi connectivity index (χ0n) is 14.8. The second-order valence-electron chi connectivity index (χ2n) is 5.68. The summed E-state index contributed by atoms with van der Waals surface area (Å²) in [4.78, 5) is 24.2. The summed E-state index contributed by atoms with van der Waals surface area (Å²) < 4.78 is 10.3. The number of methoxy groups -OCH3 is 2. The maximum absolute atomic E-state index is 12.2. The van der Waals surface area contributed by atoms with Crippen molar-refractivity contribution in [1.29, 1.82) is 0 Å². The highest BCUT2D eigenvalue weighted by Gasteiger charge is 2.12. The van der Waals surface area contributed by atoms with Crippen LogP contribution in [0.1, 0.15) is 21.5 Å². The van der Waals surface area contributed by atoms with Gasteiger partial charge in [0, 0.05) is 11.3 Å². The van der Waals surface area contributed by atoms with Crippen LogP contribution in [-0.4, -0.2) is 32.6 Å². The standard InChI is InChI=1S/C19H22N2O4/c1-12-7-13(2)9-15(8-12)21-18(22)11-20-19(23)14-5-6-16(24-3)17(10-14)25-4/h5-10H,11H2,1-4H3,(H,20,23)(H,21,22). The van der Waals surface area contributed by atoms with Crippen LogP contribution >= 0.6 is 0 Å². The first-order chi connectivity index (χ1) is 11.9. The molecule has 6 heteroatoms. The molecular weight excluding hydrogens is 320 g/mol. The Labute approximate surface area is 147 Å². The fourth-order valence-corrected chi connectivity index (χ4v) is 2.49. The van der Waals surface area contributed by atoms with Crippen molar-refractivity contribution in [2.75, 3.05) is 26.1 Å². The van der Waals surface area contributed by atoms with E-state index in [1.54, 1.807) is 18.2 Å². The van der Waals surface area contributed by atoms with Crippen molar-refractivity contribution in [2.45, 2.75) is 13.8 Å². The number of anilines is 1. The molecule has 2 N–H and O–H groups in total. The molecule has 6 nitrogen and oxygen atoms in total. The summed E-state index contributed by atoms with van der Waals surface area (Å²) in [5, 5.41) is 5.36. The van der Waals surface area contributed by atoms with Gasteiger partial charge in [-0.1, -0.05) is 6.07 Å². The Morgan fingerprint density at radius 2 is 1.56 bits per heavy atom. The minimum atomic E-state index is -0.364. The van der Waals surface area contributed by atoms with Crippen LogP contribution in [0.5, 0.6) is 11.5 Å². The number of aryl methyl sites for hydroxylation is 2. The van der Waals surface area contributed by atoms with Gasteiger partial charge < -0.3 is 20.1 Å². The maximum atomic E-state index is 12.2. The summed E-state index contributed by atoms with van der Waals surface area (Å²) in [5.41, 5.74) is 3.22. The van der Waals surface area contributed by atoms with Crippen LogP contribution in [0.2, 0.25) is 0 Å². The van der Waals surface area contributed by atoms with Crippen LogP contribution < -0.4 is 20.1 Å². The quantitative estimate of drug-likeness (QED) is 0.846. The monoisotopic (exact) mass is 342 g/mol. The number of rotatable bonds is 6. The summed E-state index contributed by atoms with van der Waals surface area (Å²) in [7, 11) is 3.02. The molecule has 0 radical (unpaired) electrons. The first-order valence-corrected chi connectivity index (χ1v) is 7.81. The second-order valence-corrected chi connectivity index (χ2v) is 5.68. The molecule has 0 unspecified atom stereocenters. The van der Waals surface area contributed by atoms with Crippen molar-refractivity contribution < 1.29 is 19.1 Å². The van der Waals surface area contributed by atoms with Gasteiger partial charge in [-0.15, -0.1) is 0 Å². The SMILES string of the molecule is COc1ccc(C(=O)NCC(=O)Nc2cc(C)cc(C)c2)cc1OC. The summed E-state index contributed by atoms with van der Waals surface area (Å²) in [6, 6.07) is 10.6. The van der Waals surface area contributed by atoms with Gasteiger partial charge in [0.25, 0.3) is 5.91 Å². The first kappa shape index (κ1) is 18.3. The van der Waals surface area contributed by atoms with E-state index in [0.29, 0.717) is 22.7 Å². The van der Waals surface area contributed by atoms with Crippen LogP contribution in [0.25, 0.3) is 0 Å². The molecule has 2 rings (SSSR count). The van der Waals surface area contributed by atoms with Crippen molar-refractivity contribution >= 4 is 17.5 Å². The van der Waals surface area contributed by atoms with Gasteiger partial charge >= 0.3 is 0 Å². The summed E-state index contributed by atoms with van der Waals surface area (Å²) in [5.74, 6) is 0.330. The van der Waals surface area contributed by atoms with Crippen LogP contribution in [0, 0.1) is 13.8 Å². The fourth-order valence-electron chi connectivity index (χ4n) is 2.49. The van der Waals surface area contributed by atoms with Crippen molar-refractivity contribution in [2.24, 2.45) is 0 Å². The Morgan fingerprint density at radius 1 is 0.920 bits per heavy atom. The zero-order chi connectivity index (χ0) is 18.4. The molecule has 0 bridgehead atoms. The van der Waals surface area contributed by atoms with Crippen molar-refractivity contribution in [1.82, 2.24) is 5.32 Å². The topological polar surface area (TPSA) is 76.7 Å². The van der Waals surface area contributed by atoms with E-state index in [9.17, 15) is 9.59 Å². The minimum absolute atomic E-state index is 0.125. The maximum Gasteiger partial charge on any atom is 0.251 e. The molecule has 2 aromatic rings. The van der Waals surface area contributed by atoms with Gasteiger partial charge in [-0.25, -0.2) is 0 Å². The smallest absolute Gasteiger partial charge is 0.251 e. The number of benzene rings is 2. The Balaban J connectivity index is 1.96. The van der Waals surface area contributed by atoms with E-state index in [2.05, 4.69) is 10.6 Å². The van der Waals surface area contributed by atoms with Crippen molar-refractivity contribution in [3.63, 3.8) is 0 Å². The molecule has 0 heterocycles. The number of nitrogens with one attached hydrogen (secondary N) is 2. The molecule has 25 heavy (non-hydrogen) atoms. The summed E-state index contributed by atoms with van der Waals surface area (Å²) in [6.45, 7) is 3.79. The van der Waals surface area contributed by atoms with Crippen LogP contribution in [0.4, 0.5) is 5.69 Å². The molecule has 0 fully saturated rings. The lowest BCUT2D eigenvalue weighted by Gasteiger charge is -2.11. The lowest BCUT2D eigenvalue weighted by molar-refractivity contribution is -0.115. The largest absolute Gasteiger partial charge is 0.493 e. The Kier molecular flexibility index (Phi) is 6.00. The lowest BCUT2D eigenvalue weighted by atomic mass is 10.1. The molecule has 0 atom stereocenters. The van der Waals surface area contributed by atoms with E-state index in [1.807, 2.05) is 32.0 Å². The molecule has 0 aliphatic carbocycles. The number of carbonyl (C=O) groups is 2. The zero-order valence-corrected chi connectivity index (χ0v) is 14.8. The minimum Gasteiger partial charge on any atom is -0.493 e. The van der Waals surface area contributed by atoms with Gasteiger partial charge in [-0.2, -0.15) is 0 Å². The summed E-state index contributed by atoms with van der Waals surface area (Å²) in [6.07, 6.45) is 0. The van der Waals surface area contributed by atoms with E-state index in [-0.39, 0.29) is 18.4 Å². The molecule has 0 aliphatic rings. The Hall–Kier alpha value is -3.02. The molecule has 132 valence electrons. The van der Waals surface area contributed by atoms with Gasteiger partial charge in [0.15, 0.2) is 11.5 Å². The van der Waals surface area contributed by atoms with Crippen LogP contribution in [0.3, 0.4) is 0 Å². The van der Waals surface area contributed by atoms with Gasteiger partial charge in [0.05, 0.1) is 20.8 Å². The number of hydrogen-bond donors (Lipinski definition) is 2. The van der Waals surface area contributed by atoms with E-state index in [4.69, 9.17) is 9.47 Å². The Morgan fingerprint density at radius 3 is 2.16 bits per heavy atom. The van der Waals surface area contributed by atoms with Gasteiger partial charge in [0.1, 0.15) is 0 Å². The molecule has 0 saturated carbocycles. The van der Waals surface area contributed by atoms with Gasteiger partial charge in [-0.3, -0.25) is 9.59 Å². The first-order valence-electron chi connectivity index (χ1n) is 7.81. The number of ether oxygens (including phenoxy) is 2. The average Bonchev–Trinajstić information content (AvgIpc) is 2.58.